The molecule has 0 saturated carbocycles. The summed E-state index contributed by atoms with van der Waals surface area (Å²) in [6.07, 6.45) is 4.27. The van der Waals surface area contributed by atoms with Gasteiger partial charge in [-0.15, -0.1) is 0 Å². The predicted molar refractivity (Wildman–Crippen MR) is 65.1 cm³/mol. The molecule has 1 aromatic heterocycles. The van der Waals surface area contributed by atoms with Crippen molar-refractivity contribution in [3.63, 3.8) is 0 Å². The molecule has 0 aliphatic carbocycles. The van der Waals surface area contributed by atoms with Gasteiger partial charge < -0.3 is 10.2 Å². The molecule has 0 amide bonds. The average Bonchev–Trinajstić information content (AvgIpc) is 2.74. The van der Waals surface area contributed by atoms with Crippen LogP contribution < -0.4 is 5.73 Å². The molecule has 90 valence electrons. The Morgan fingerprint density at radius 1 is 1.44 bits per heavy atom. The van der Waals surface area contributed by atoms with Crippen LogP contribution in [-0.4, -0.2) is 24.0 Å². The first kappa shape index (κ1) is 11.7. The van der Waals surface area contributed by atoms with Crippen molar-refractivity contribution in [3.05, 3.63) is 24.2 Å². The summed E-state index contributed by atoms with van der Waals surface area (Å²) in [6.45, 7) is 6.65. The monoisotopic (exact) mass is 222 g/mol. The number of furan rings is 1. The summed E-state index contributed by atoms with van der Waals surface area (Å²) in [6, 6.07) is 4.32. The van der Waals surface area contributed by atoms with Gasteiger partial charge >= 0.3 is 0 Å². The third kappa shape index (κ3) is 2.47. The second-order valence-electron chi connectivity index (χ2n) is 5.04. The zero-order valence-electron chi connectivity index (χ0n) is 10.2. The highest BCUT2D eigenvalue weighted by molar-refractivity contribution is 5.07. The number of nitrogens with zero attached hydrogens (tertiary/aromatic N) is 1. The summed E-state index contributed by atoms with van der Waals surface area (Å²) >= 11 is 0. The van der Waals surface area contributed by atoms with Gasteiger partial charge in [-0.25, -0.2) is 0 Å². The van der Waals surface area contributed by atoms with Crippen LogP contribution in [-0.2, 0) is 0 Å². The third-order valence-electron chi connectivity index (χ3n) is 3.54. The smallest absolute Gasteiger partial charge is 0.122 e. The van der Waals surface area contributed by atoms with Crippen molar-refractivity contribution in [1.29, 1.82) is 0 Å². The van der Waals surface area contributed by atoms with Gasteiger partial charge in [0.2, 0.25) is 0 Å². The van der Waals surface area contributed by atoms with Gasteiger partial charge in [0.15, 0.2) is 0 Å². The second kappa shape index (κ2) is 5.02. The summed E-state index contributed by atoms with van der Waals surface area (Å²) < 4.78 is 5.52. The maximum absolute atomic E-state index is 6.09. The lowest BCUT2D eigenvalue weighted by atomic mass is 9.95. The fourth-order valence-corrected chi connectivity index (χ4v) is 2.54. The molecule has 2 atom stereocenters. The number of nitrogens with two attached hydrogens (primary N) is 1. The van der Waals surface area contributed by atoms with E-state index in [0.29, 0.717) is 0 Å². The van der Waals surface area contributed by atoms with E-state index in [0.717, 1.165) is 24.8 Å². The molecule has 2 rings (SSSR count). The Hall–Kier alpha value is -0.800. The van der Waals surface area contributed by atoms with E-state index in [1.165, 1.54) is 12.8 Å². The van der Waals surface area contributed by atoms with E-state index in [-0.39, 0.29) is 12.1 Å². The molecule has 16 heavy (non-hydrogen) atoms. The molecule has 2 heterocycles. The zero-order chi connectivity index (χ0) is 11.5. The number of piperidine rings is 1. The number of likely N-dealkylation sites (tertiary alicyclic amines) is 1. The van der Waals surface area contributed by atoms with Crippen molar-refractivity contribution in [2.45, 2.75) is 38.8 Å². The van der Waals surface area contributed by atoms with Gasteiger partial charge in [0.1, 0.15) is 5.76 Å². The van der Waals surface area contributed by atoms with E-state index in [2.05, 4.69) is 18.7 Å². The van der Waals surface area contributed by atoms with Crippen LogP contribution in [0.3, 0.4) is 0 Å². The topological polar surface area (TPSA) is 42.4 Å². The number of hydrogen-bond acceptors (Lipinski definition) is 3. The molecular formula is C13H22N2O. The molecule has 2 N–H and O–H groups in total. The van der Waals surface area contributed by atoms with Crippen molar-refractivity contribution in [2.75, 3.05) is 13.1 Å². The minimum absolute atomic E-state index is 0.111. The fourth-order valence-electron chi connectivity index (χ4n) is 2.54. The molecule has 1 aliphatic rings. The molecule has 0 aromatic carbocycles. The summed E-state index contributed by atoms with van der Waals surface area (Å²) in [5.41, 5.74) is 6.09. The summed E-state index contributed by atoms with van der Waals surface area (Å²) in [5.74, 6) is 1.85. The van der Waals surface area contributed by atoms with Crippen LogP contribution in [0.4, 0.5) is 0 Å². The Balaban J connectivity index is 2.08. The van der Waals surface area contributed by atoms with Gasteiger partial charge in [0.25, 0.3) is 0 Å². The van der Waals surface area contributed by atoms with Crippen LogP contribution in [0.15, 0.2) is 22.8 Å². The van der Waals surface area contributed by atoms with Crippen molar-refractivity contribution < 1.29 is 4.42 Å². The highest BCUT2D eigenvalue weighted by atomic mass is 16.3. The van der Waals surface area contributed by atoms with Crippen LogP contribution >= 0.6 is 0 Å². The lowest BCUT2D eigenvalue weighted by Crippen LogP contribution is -2.43. The summed E-state index contributed by atoms with van der Waals surface area (Å²) in [7, 11) is 0. The van der Waals surface area contributed by atoms with Gasteiger partial charge in [-0.05, 0) is 50.9 Å². The minimum atomic E-state index is 0.111. The molecule has 3 nitrogen and oxygen atoms in total. The van der Waals surface area contributed by atoms with E-state index in [1.807, 2.05) is 12.1 Å². The van der Waals surface area contributed by atoms with Gasteiger partial charge in [-0.1, -0.05) is 6.92 Å². The lowest BCUT2D eigenvalue weighted by molar-refractivity contribution is 0.109. The Kier molecular flexibility index (Phi) is 3.66. The SMILES string of the molecule is CC1CCN(C(c2ccco2)C(C)N)CC1. The predicted octanol–water partition coefficient (Wildman–Crippen LogP) is 2.40. The van der Waals surface area contributed by atoms with Gasteiger partial charge in [0.05, 0.1) is 12.3 Å². The Morgan fingerprint density at radius 2 is 2.12 bits per heavy atom. The number of hydrogen-bond donors (Lipinski definition) is 1. The lowest BCUT2D eigenvalue weighted by Gasteiger charge is -2.37. The maximum Gasteiger partial charge on any atom is 0.122 e. The molecule has 1 aliphatic heterocycles. The van der Waals surface area contributed by atoms with Gasteiger partial charge in [-0.2, -0.15) is 0 Å². The number of rotatable bonds is 3. The zero-order valence-corrected chi connectivity index (χ0v) is 10.2. The van der Waals surface area contributed by atoms with Crippen molar-refractivity contribution in [3.8, 4) is 0 Å². The van der Waals surface area contributed by atoms with E-state index < -0.39 is 0 Å². The molecule has 0 radical (unpaired) electrons. The van der Waals surface area contributed by atoms with Crippen molar-refractivity contribution in [2.24, 2.45) is 11.7 Å². The molecule has 1 fully saturated rings. The molecule has 0 spiro atoms. The fraction of sp³-hybridized carbons (Fsp3) is 0.692. The molecular weight excluding hydrogens is 200 g/mol. The highest BCUT2D eigenvalue weighted by Crippen LogP contribution is 2.28. The maximum atomic E-state index is 6.09. The Labute approximate surface area is 97.6 Å². The molecule has 1 saturated heterocycles. The largest absolute Gasteiger partial charge is 0.468 e. The van der Waals surface area contributed by atoms with Crippen molar-refractivity contribution in [1.82, 2.24) is 4.90 Å². The van der Waals surface area contributed by atoms with Gasteiger partial charge in [0, 0.05) is 6.04 Å². The Bertz CT molecular complexity index is 300. The summed E-state index contributed by atoms with van der Waals surface area (Å²) in [4.78, 5) is 2.46. The summed E-state index contributed by atoms with van der Waals surface area (Å²) in [5, 5.41) is 0. The Morgan fingerprint density at radius 3 is 2.62 bits per heavy atom. The van der Waals surface area contributed by atoms with Crippen LogP contribution in [0.1, 0.15) is 38.5 Å². The first-order chi connectivity index (χ1) is 7.68. The van der Waals surface area contributed by atoms with Gasteiger partial charge in [-0.3, -0.25) is 4.90 Å². The molecule has 1 aromatic rings. The van der Waals surface area contributed by atoms with Crippen LogP contribution in [0.5, 0.6) is 0 Å². The standard InChI is InChI=1S/C13H22N2O/c1-10-5-7-15(8-6-10)13(11(2)14)12-4-3-9-16-12/h3-4,9-11,13H,5-8,14H2,1-2H3. The average molecular weight is 222 g/mol. The minimum Gasteiger partial charge on any atom is -0.468 e. The van der Waals surface area contributed by atoms with E-state index in [4.69, 9.17) is 10.2 Å². The van der Waals surface area contributed by atoms with Crippen LogP contribution in [0.25, 0.3) is 0 Å². The van der Waals surface area contributed by atoms with Crippen LogP contribution in [0, 0.1) is 5.92 Å². The van der Waals surface area contributed by atoms with E-state index in [1.54, 1.807) is 6.26 Å². The van der Waals surface area contributed by atoms with Crippen molar-refractivity contribution >= 4 is 0 Å². The quantitative estimate of drug-likeness (QED) is 0.854. The normalized spacial score (nSPS) is 23.2. The first-order valence-corrected chi connectivity index (χ1v) is 6.21. The molecule has 2 unspecified atom stereocenters. The molecule has 0 bridgehead atoms. The molecule has 3 heteroatoms. The van der Waals surface area contributed by atoms with E-state index in [9.17, 15) is 0 Å². The third-order valence-corrected chi connectivity index (χ3v) is 3.54. The highest BCUT2D eigenvalue weighted by Gasteiger charge is 2.28. The first-order valence-electron chi connectivity index (χ1n) is 6.21. The van der Waals surface area contributed by atoms with E-state index >= 15 is 0 Å². The van der Waals surface area contributed by atoms with Crippen LogP contribution in [0.2, 0.25) is 0 Å². The second-order valence-corrected chi connectivity index (χ2v) is 5.04.